The van der Waals surface area contributed by atoms with Gasteiger partial charge in [0, 0.05) is 4.47 Å². The van der Waals surface area contributed by atoms with E-state index in [1.807, 2.05) is 24.3 Å². The van der Waals surface area contributed by atoms with Gasteiger partial charge in [-0.25, -0.2) is 0 Å². The van der Waals surface area contributed by atoms with Crippen molar-refractivity contribution in [3.8, 4) is 0 Å². The van der Waals surface area contributed by atoms with E-state index in [0.29, 0.717) is 19.4 Å². The van der Waals surface area contributed by atoms with Crippen LogP contribution in [0.2, 0.25) is 0 Å². The lowest BCUT2D eigenvalue weighted by molar-refractivity contribution is 0.167. The third kappa shape index (κ3) is 3.89. The summed E-state index contributed by atoms with van der Waals surface area (Å²) < 4.78 is 1.05. The van der Waals surface area contributed by atoms with Gasteiger partial charge in [-0.15, -0.1) is 0 Å². The average molecular weight is 244 g/mol. The van der Waals surface area contributed by atoms with Gasteiger partial charge >= 0.3 is 0 Å². The molecular formula is C10H14BrNO. The van der Waals surface area contributed by atoms with Crippen molar-refractivity contribution in [2.75, 3.05) is 6.54 Å². The monoisotopic (exact) mass is 243 g/mol. The van der Waals surface area contributed by atoms with Crippen LogP contribution in [0, 0.1) is 0 Å². The SMILES string of the molecule is NCCC(O)Cc1cccc(Br)c1. The van der Waals surface area contributed by atoms with Gasteiger partial charge in [0.2, 0.25) is 0 Å². The fraction of sp³-hybridized carbons (Fsp3) is 0.400. The number of aliphatic hydroxyl groups excluding tert-OH is 1. The molecule has 0 aromatic heterocycles. The Bertz CT molecular complexity index is 265. The van der Waals surface area contributed by atoms with Crippen molar-refractivity contribution in [2.24, 2.45) is 5.73 Å². The highest BCUT2D eigenvalue weighted by Gasteiger charge is 2.03. The van der Waals surface area contributed by atoms with Gasteiger partial charge in [-0.1, -0.05) is 28.1 Å². The second-order valence-corrected chi connectivity index (χ2v) is 3.98. The van der Waals surface area contributed by atoms with Crippen molar-refractivity contribution >= 4 is 15.9 Å². The van der Waals surface area contributed by atoms with Gasteiger partial charge in [-0.3, -0.25) is 0 Å². The maximum atomic E-state index is 9.50. The largest absolute Gasteiger partial charge is 0.393 e. The first-order valence-corrected chi connectivity index (χ1v) is 5.14. The summed E-state index contributed by atoms with van der Waals surface area (Å²) in [7, 11) is 0. The third-order valence-corrected chi connectivity index (χ3v) is 2.35. The van der Waals surface area contributed by atoms with Gasteiger partial charge in [0.15, 0.2) is 0 Å². The predicted octanol–water partition coefficient (Wildman–Crippen LogP) is 1.70. The minimum atomic E-state index is -0.320. The number of aliphatic hydroxyl groups is 1. The molecule has 0 saturated heterocycles. The van der Waals surface area contributed by atoms with Crippen LogP contribution >= 0.6 is 15.9 Å². The zero-order chi connectivity index (χ0) is 9.68. The number of benzene rings is 1. The molecule has 1 atom stereocenters. The van der Waals surface area contributed by atoms with Gasteiger partial charge in [0.1, 0.15) is 0 Å². The number of hydrogen-bond donors (Lipinski definition) is 2. The van der Waals surface area contributed by atoms with Crippen LogP contribution in [0.3, 0.4) is 0 Å². The van der Waals surface area contributed by atoms with Crippen molar-refractivity contribution in [1.82, 2.24) is 0 Å². The first kappa shape index (κ1) is 10.7. The Morgan fingerprint density at radius 1 is 1.46 bits per heavy atom. The van der Waals surface area contributed by atoms with E-state index >= 15 is 0 Å². The lowest BCUT2D eigenvalue weighted by atomic mass is 10.1. The van der Waals surface area contributed by atoms with E-state index in [9.17, 15) is 5.11 Å². The summed E-state index contributed by atoms with van der Waals surface area (Å²) in [6.07, 6.45) is 1.02. The summed E-state index contributed by atoms with van der Waals surface area (Å²) in [6, 6.07) is 7.96. The molecule has 0 fully saturated rings. The summed E-state index contributed by atoms with van der Waals surface area (Å²) in [5, 5.41) is 9.50. The third-order valence-electron chi connectivity index (χ3n) is 1.86. The van der Waals surface area contributed by atoms with Crippen LogP contribution in [0.5, 0.6) is 0 Å². The molecular weight excluding hydrogens is 230 g/mol. The lowest BCUT2D eigenvalue weighted by Gasteiger charge is -2.08. The number of halogens is 1. The zero-order valence-corrected chi connectivity index (χ0v) is 9.00. The Hall–Kier alpha value is -0.380. The van der Waals surface area contributed by atoms with Crippen LogP contribution in [-0.4, -0.2) is 17.8 Å². The Labute approximate surface area is 86.9 Å². The highest BCUT2D eigenvalue weighted by Crippen LogP contribution is 2.13. The van der Waals surface area contributed by atoms with Crippen LogP contribution in [0.4, 0.5) is 0 Å². The smallest absolute Gasteiger partial charge is 0.0592 e. The van der Waals surface area contributed by atoms with Crippen molar-refractivity contribution < 1.29 is 5.11 Å². The van der Waals surface area contributed by atoms with Gasteiger partial charge in [0.25, 0.3) is 0 Å². The number of nitrogens with two attached hydrogens (primary N) is 1. The van der Waals surface area contributed by atoms with E-state index in [0.717, 1.165) is 10.0 Å². The second-order valence-electron chi connectivity index (χ2n) is 3.07. The molecule has 13 heavy (non-hydrogen) atoms. The molecule has 1 unspecified atom stereocenters. The number of rotatable bonds is 4. The van der Waals surface area contributed by atoms with Crippen molar-refractivity contribution in [3.63, 3.8) is 0 Å². The fourth-order valence-electron chi connectivity index (χ4n) is 1.23. The molecule has 0 aliphatic rings. The topological polar surface area (TPSA) is 46.2 Å². The molecule has 0 bridgehead atoms. The molecule has 1 aromatic carbocycles. The van der Waals surface area contributed by atoms with Crippen LogP contribution < -0.4 is 5.73 Å². The maximum Gasteiger partial charge on any atom is 0.0592 e. The quantitative estimate of drug-likeness (QED) is 0.846. The number of hydrogen-bond acceptors (Lipinski definition) is 2. The van der Waals surface area contributed by atoms with E-state index in [2.05, 4.69) is 15.9 Å². The van der Waals surface area contributed by atoms with Crippen molar-refractivity contribution in [3.05, 3.63) is 34.3 Å². The molecule has 3 N–H and O–H groups in total. The minimum absolute atomic E-state index is 0.320. The summed E-state index contributed by atoms with van der Waals surface area (Å²) in [5.74, 6) is 0. The standard InChI is InChI=1S/C10H14BrNO/c11-9-3-1-2-8(6-9)7-10(13)4-5-12/h1-3,6,10,13H,4-5,7,12H2. The van der Waals surface area contributed by atoms with Gasteiger partial charge in [-0.2, -0.15) is 0 Å². The maximum absolute atomic E-state index is 9.50. The highest BCUT2D eigenvalue weighted by molar-refractivity contribution is 9.10. The molecule has 0 aliphatic heterocycles. The summed E-state index contributed by atoms with van der Waals surface area (Å²) in [5.41, 5.74) is 6.48. The average Bonchev–Trinajstić information content (AvgIpc) is 2.04. The molecule has 0 amide bonds. The molecule has 0 spiro atoms. The van der Waals surface area contributed by atoms with E-state index < -0.39 is 0 Å². The summed E-state index contributed by atoms with van der Waals surface area (Å²) >= 11 is 3.38. The molecule has 72 valence electrons. The molecule has 2 nitrogen and oxygen atoms in total. The van der Waals surface area contributed by atoms with Gasteiger partial charge in [0.05, 0.1) is 6.10 Å². The Morgan fingerprint density at radius 2 is 2.23 bits per heavy atom. The van der Waals surface area contributed by atoms with E-state index in [-0.39, 0.29) is 6.10 Å². The zero-order valence-electron chi connectivity index (χ0n) is 7.41. The molecule has 0 radical (unpaired) electrons. The van der Waals surface area contributed by atoms with Crippen molar-refractivity contribution in [1.29, 1.82) is 0 Å². The van der Waals surface area contributed by atoms with Crippen LogP contribution in [-0.2, 0) is 6.42 Å². The molecule has 0 aliphatic carbocycles. The Balaban J connectivity index is 2.53. The molecule has 3 heteroatoms. The molecule has 1 aromatic rings. The predicted molar refractivity (Wildman–Crippen MR) is 57.5 cm³/mol. The van der Waals surface area contributed by atoms with E-state index in [4.69, 9.17) is 5.73 Å². The minimum Gasteiger partial charge on any atom is -0.393 e. The van der Waals surface area contributed by atoms with E-state index in [1.54, 1.807) is 0 Å². The van der Waals surface area contributed by atoms with Gasteiger partial charge in [-0.05, 0) is 37.1 Å². The van der Waals surface area contributed by atoms with E-state index in [1.165, 1.54) is 0 Å². The summed E-state index contributed by atoms with van der Waals surface area (Å²) in [4.78, 5) is 0. The van der Waals surface area contributed by atoms with Crippen molar-refractivity contribution in [2.45, 2.75) is 18.9 Å². The molecule has 1 rings (SSSR count). The fourth-order valence-corrected chi connectivity index (χ4v) is 1.68. The first-order chi connectivity index (χ1) is 6.22. The van der Waals surface area contributed by atoms with Crippen LogP contribution in [0.15, 0.2) is 28.7 Å². The second kappa shape index (κ2) is 5.37. The lowest BCUT2D eigenvalue weighted by Crippen LogP contribution is -2.15. The first-order valence-electron chi connectivity index (χ1n) is 4.35. The Morgan fingerprint density at radius 3 is 2.85 bits per heavy atom. The van der Waals surface area contributed by atoms with Crippen LogP contribution in [0.1, 0.15) is 12.0 Å². The normalized spacial score (nSPS) is 12.8. The summed E-state index contributed by atoms with van der Waals surface area (Å²) in [6.45, 7) is 0.537. The molecule has 0 heterocycles. The molecule has 0 saturated carbocycles. The van der Waals surface area contributed by atoms with Crippen LogP contribution in [0.25, 0.3) is 0 Å². The Kier molecular flexibility index (Phi) is 4.42. The van der Waals surface area contributed by atoms with Gasteiger partial charge < -0.3 is 10.8 Å². The highest BCUT2D eigenvalue weighted by atomic mass is 79.9.